The summed E-state index contributed by atoms with van der Waals surface area (Å²) < 4.78 is 11.3. The van der Waals surface area contributed by atoms with Crippen LogP contribution in [0.1, 0.15) is 16.7 Å². The summed E-state index contributed by atoms with van der Waals surface area (Å²) in [6, 6.07) is 19.0. The van der Waals surface area contributed by atoms with Gasteiger partial charge in [0.1, 0.15) is 12.2 Å². The van der Waals surface area contributed by atoms with Crippen molar-refractivity contribution >= 4 is 64.1 Å². The van der Waals surface area contributed by atoms with Crippen LogP contribution in [0.3, 0.4) is 0 Å². The van der Waals surface area contributed by atoms with E-state index in [2.05, 4.69) is 11.4 Å². The third kappa shape index (κ3) is 5.04. The van der Waals surface area contributed by atoms with Gasteiger partial charge in [0, 0.05) is 5.56 Å². The molecular weight excluding hydrogens is 521 g/mol. The zero-order valence-corrected chi connectivity index (χ0v) is 21.1. The molecule has 2 amide bonds. The molecule has 0 radical (unpaired) electrons. The first kappa shape index (κ1) is 25.2. The van der Waals surface area contributed by atoms with Crippen LogP contribution in [0.2, 0.25) is 10.0 Å². The minimum absolute atomic E-state index is 0.106. The Bertz CT molecular complexity index is 1470. The number of thiocarbonyl (C=S) groups is 1. The topological polar surface area (TPSA) is 91.7 Å². The van der Waals surface area contributed by atoms with Crippen molar-refractivity contribution < 1.29 is 19.1 Å². The van der Waals surface area contributed by atoms with E-state index in [1.165, 1.54) is 13.2 Å². The van der Waals surface area contributed by atoms with Gasteiger partial charge in [-0.15, -0.1) is 0 Å². The molecular formula is C26H17Cl2N3O4S. The highest BCUT2D eigenvalue weighted by molar-refractivity contribution is 7.80. The second-order valence-electron chi connectivity index (χ2n) is 7.50. The Balaban J connectivity index is 1.62. The van der Waals surface area contributed by atoms with Crippen LogP contribution in [-0.4, -0.2) is 24.0 Å². The smallest absolute Gasteiger partial charge is 0.270 e. The second kappa shape index (κ2) is 10.8. The van der Waals surface area contributed by atoms with Gasteiger partial charge >= 0.3 is 0 Å². The summed E-state index contributed by atoms with van der Waals surface area (Å²) in [5.41, 5.74) is 1.86. The molecule has 3 aromatic carbocycles. The van der Waals surface area contributed by atoms with Crippen molar-refractivity contribution in [1.82, 2.24) is 5.32 Å². The van der Waals surface area contributed by atoms with Crippen LogP contribution in [0, 0.1) is 11.3 Å². The summed E-state index contributed by atoms with van der Waals surface area (Å²) in [5, 5.41) is 12.0. The lowest BCUT2D eigenvalue weighted by molar-refractivity contribution is -0.122. The summed E-state index contributed by atoms with van der Waals surface area (Å²) in [6.07, 6.45) is 1.42. The maximum absolute atomic E-state index is 13.3. The molecule has 180 valence electrons. The molecule has 0 saturated carbocycles. The summed E-state index contributed by atoms with van der Waals surface area (Å²) >= 11 is 17.6. The molecule has 3 aromatic rings. The van der Waals surface area contributed by atoms with Crippen LogP contribution in [0.25, 0.3) is 6.08 Å². The van der Waals surface area contributed by atoms with E-state index in [-0.39, 0.29) is 33.0 Å². The number of hydrogen-bond donors (Lipinski definition) is 1. The standard InChI is InChI=1S/C26H17Cl2N3O4S/c1-34-22-12-15(9-10-21(22)35-14-17-6-3-2-5-16(17)13-29)11-18-24(32)30-26(36)31(25(18)33)20-8-4-7-19(27)23(20)28/h2-12H,14H2,1H3,(H,30,32,36)/b18-11+. The van der Waals surface area contributed by atoms with Crippen molar-refractivity contribution in [1.29, 1.82) is 5.26 Å². The third-order valence-electron chi connectivity index (χ3n) is 5.29. The maximum Gasteiger partial charge on any atom is 0.270 e. The minimum atomic E-state index is -0.652. The number of nitriles is 1. The molecule has 0 aliphatic carbocycles. The number of hydrogen-bond acceptors (Lipinski definition) is 6. The van der Waals surface area contributed by atoms with Gasteiger partial charge in [-0.1, -0.05) is 53.5 Å². The van der Waals surface area contributed by atoms with Gasteiger partial charge in [0.05, 0.1) is 34.5 Å². The molecule has 1 fully saturated rings. The summed E-state index contributed by atoms with van der Waals surface area (Å²) in [5.74, 6) is -0.486. The van der Waals surface area contributed by atoms with E-state index in [4.69, 9.17) is 44.9 Å². The van der Waals surface area contributed by atoms with Crippen LogP contribution < -0.4 is 19.7 Å². The van der Waals surface area contributed by atoms with E-state index in [0.29, 0.717) is 22.6 Å². The summed E-state index contributed by atoms with van der Waals surface area (Å²) in [7, 11) is 1.47. The van der Waals surface area contributed by atoms with Gasteiger partial charge in [-0.05, 0) is 54.2 Å². The van der Waals surface area contributed by atoms with E-state index < -0.39 is 11.8 Å². The Morgan fingerprint density at radius 2 is 1.86 bits per heavy atom. The minimum Gasteiger partial charge on any atom is -0.493 e. The van der Waals surface area contributed by atoms with Crippen molar-refractivity contribution in [2.75, 3.05) is 12.0 Å². The lowest BCUT2D eigenvalue weighted by Gasteiger charge is -2.29. The molecule has 1 saturated heterocycles. The molecule has 1 heterocycles. The zero-order valence-electron chi connectivity index (χ0n) is 18.7. The monoisotopic (exact) mass is 537 g/mol. The van der Waals surface area contributed by atoms with Gasteiger partial charge in [0.25, 0.3) is 11.8 Å². The molecule has 0 spiro atoms. The Labute approximate surface area is 222 Å². The first-order chi connectivity index (χ1) is 17.3. The Morgan fingerprint density at radius 3 is 2.61 bits per heavy atom. The second-order valence-corrected chi connectivity index (χ2v) is 8.67. The third-order valence-corrected chi connectivity index (χ3v) is 6.39. The Kier molecular flexibility index (Phi) is 7.55. The van der Waals surface area contributed by atoms with Crippen molar-refractivity contribution in [2.24, 2.45) is 0 Å². The lowest BCUT2D eigenvalue weighted by Crippen LogP contribution is -2.54. The number of carbonyl (C=O) groups is 2. The van der Waals surface area contributed by atoms with E-state index in [9.17, 15) is 14.9 Å². The molecule has 1 aliphatic rings. The van der Waals surface area contributed by atoms with Crippen LogP contribution >= 0.6 is 35.4 Å². The fourth-order valence-corrected chi connectivity index (χ4v) is 4.17. The molecule has 1 aliphatic heterocycles. The number of ether oxygens (including phenoxy) is 2. The number of nitrogens with zero attached hydrogens (tertiary/aromatic N) is 2. The number of amides is 2. The molecule has 10 heteroatoms. The summed E-state index contributed by atoms with van der Waals surface area (Å²) in [4.78, 5) is 27.0. The predicted molar refractivity (Wildman–Crippen MR) is 141 cm³/mol. The van der Waals surface area contributed by atoms with Crippen molar-refractivity contribution in [3.63, 3.8) is 0 Å². The number of nitrogens with one attached hydrogen (secondary N) is 1. The first-order valence-corrected chi connectivity index (χ1v) is 11.6. The van der Waals surface area contributed by atoms with Gasteiger partial charge < -0.3 is 9.47 Å². The van der Waals surface area contributed by atoms with E-state index in [1.54, 1.807) is 54.6 Å². The van der Waals surface area contributed by atoms with E-state index in [0.717, 1.165) is 10.5 Å². The van der Waals surface area contributed by atoms with Crippen molar-refractivity contribution in [3.8, 4) is 17.6 Å². The average Bonchev–Trinajstić information content (AvgIpc) is 2.88. The maximum atomic E-state index is 13.3. The summed E-state index contributed by atoms with van der Waals surface area (Å²) in [6.45, 7) is 0.161. The molecule has 0 bridgehead atoms. The van der Waals surface area contributed by atoms with Gasteiger partial charge in [0.15, 0.2) is 16.6 Å². The predicted octanol–water partition coefficient (Wildman–Crippen LogP) is 5.28. The average molecular weight is 538 g/mol. The van der Waals surface area contributed by atoms with Gasteiger partial charge in [0.2, 0.25) is 0 Å². The van der Waals surface area contributed by atoms with Gasteiger partial charge in [-0.25, -0.2) is 0 Å². The fourth-order valence-electron chi connectivity index (χ4n) is 3.51. The van der Waals surface area contributed by atoms with Gasteiger partial charge in [-0.2, -0.15) is 5.26 Å². The number of anilines is 1. The number of carbonyl (C=O) groups excluding carboxylic acids is 2. The molecule has 7 nitrogen and oxygen atoms in total. The number of benzene rings is 3. The zero-order chi connectivity index (χ0) is 25.8. The van der Waals surface area contributed by atoms with Crippen LogP contribution in [0.15, 0.2) is 66.2 Å². The van der Waals surface area contributed by atoms with Crippen molar-refractivity contribution in [3.05, 3.63) is 93.0 Å². The Hall–Kier alpha value is -3.90. The molecule has 0 aromatic heterocycles. The lowest BCUT2D eigenvalue weighted by atomic mass is 10.1. The number of methoxy groups -OCH3 is 1. The first-order valence-electron chi connectivity index (χ1n) is 10.5. The largest absolute Gasteiger partial charge is 0.493 e. The number of halogens is 2. The molecule has 1 N–H and O–H groups in total. The highest BCUT2D eigenvalue weighted by Gasteiger charge is 2.35. The normalized spacial score (nSPS) is 14.4. The number of rotatable bonds is 6. The molecule has 4 rings (SSSR count). The highest BCUT2D eigenvalue weighted by Crippen LogP contribution is 2.35. The highest BCUT2D eigenvalue weighted by atomic mass is 35.5. The van der Waals surface area contributed by atoms with E-state index in [1.807, 2.05) is 6.07 Å². The van der Waals surface area contributed by atoms with Gasteiger partial charge in [-0.3, -0.25) is 19.8 Å². The van der Waals surface area contributed by atoms with Crippen molar-refractivity contribution in [2.45, 2.75) is 6.61 Å². The molecule has 36 heavy (non-hydrogen) atoms. The van der Waals surface area contributed by atoms with Crippen LogP contribution in [0.5, 0.6) is 11.5 Å². The van der Waals surface area contributed by atoms with E-state index >= 15 is 0 Å². The van der Waals surface area contributed by atoms with Crippen LogP contribution in [0.4, 0.5) is 5.69 Å². The van der Waals surface area contributed by atoms with Crippen LogP contribution in [-0.2, 0) is 16.2 Å². The molecule has 0 atom stereocenters. The molecule has 0 unspecified atom stereocenters. The SMILES string of the molecule is COc1cc(/C=C2\C(=O)NC(=S)N(c3cccc(Cl)c3Cl)C2=O)ccc1OCc1ccccc1C#N. The fraction of sp³-hybridized carbons (Fsp3) is 0.0769. The quantitative estimate of drug-likeness (QED) is 0.261. The Morgan fingerprint density at radius 1 is 1.08 bits per heavy atom.